The van der Waals surface area contributed by atoms with Crippen LogP contribution in [0.25, 0.3) is 11.1 Å². The predicted molar refractivity (Wildman–Crippen MR) is 91.1 cm³/mol. The van der Waals surface area contributed by atoms with Crippen LogP contribution in [0.5, 0.6) is 5.75 Å². The molecular weight excluding hydrogens is 274 g/mol. The number of aliphatic hydroxyl groups excluding tert-OH is 1. The van der Waals surface area contributed by atoms with Crippen LogP contribution >= 0.6 is 0 Å². The largest absolute Gasteiger partial charge is 0.496 e. The monoisotopic (exact) mass is 299 g/mol. The number of benzene rings is 2. The number of nitrogens with one attached hydrogen (secondary N) is 1. The second-order valence-electron chi connectivity index (χ2n) is 5.54. The van der Waals surface area contributed by atoms with Crippen LogP contribution in [0, 0.1) is 0 Å². The van der Waals surface area contributed by atoms with Crippen molar-refractivity contribution in [2.24, 2.45) is 0 Å². The third-order valence-corrected chi connectivity index (χ3v) is 3.83. The second-order valence-corrected chi connectivity index (χ2v) is 5.54. The molecule has 22 heavy (non-hydrogen) atoms. The minimum Gasteiger partial charge on any atom is -0.496 e. The molecule has 0 radical (unpaired) electrons. The normalized spacial score (nSPS) is 12.1. The van der Waals surface area contributed by atoms with Gasteiger partial charge in [0.05, 0.1) is 7.11 Å². The topological polar surface area (TPSA) is 41.5 Å². The number of aliphatic hydroxyl groups is 1. The Bertz CT molecular complexity index is 569. The number of ether oxygens (including phenoxy) is 1. The van der Waals surface area contributed by atoms with E-state index in [0.29, 0.717) is 6.04 Å². The van der Waals surface area contributed by atoms with Gasteiger partial charge in [-0.25, -0.2) is 0 Å². The highest BCUT2D eigenvalue weighted by Crippen LogP contribution is 2.27. The summed E-state index contributed by atoms with van der Waals surface area (Å²) in [6, 6.07) is 17.0. The fourth-order valence-electron chi connectivity index (χ4n) is 2.48. The molecule has 0 saturated carbocycles. The Kier molecular flexibility index (Phi) is 6.44. The first-order valence-corrected chi connectivity index (χ1v) is 7.81. The highest BCUT2D eigenvalue weighted by molar-refractivity contribution is 5.66. The van der Waals surface area contributed by atoms with Crippen molar-refractivity contribution in [3.05, 3.63) is 54.1 Å². The van der Waals surface area contributed by atoms with Gasteiger partial charge in [-0.1, -0.05) is 42.5 Å². The first-order chi connectivity index (χ1) is 10.7. The van der Waals surface area contributed by atoms with Crippen molar-refractivity contribution >= 4 is 0 Å². The van der Waals surface area contributed by atoms with Crippen molar-refractivity contribution in [3.8, 4) is 16.9 Å². The van der Waals surface area contributed by atoms with Crippen LogP contribution in [0.2, 0.25) is 0 Å². The third kappa shape index (κ3) is 4.58. The zero-order valence-corrected chi connectivity index (χ0v) is 13.4. The molecule has 2 rings (SSSR count). The van der Waals surface area contributed by atoms with Crippen molar-refractivity contribution in [1.82, 2.24) is 5.32 Å². The van der Waals surface area contributed by atoms with E-state index in [4.69, 9.17) is 9.84 Å². The Labute approximate surface area is 133 Å². The highest BCUT2D eigenvalue weighted by atomic mass is 16.5. The van der Waals surface area contributed by atoms with Gasteiger partial charge in [-0.05, 0) is 37.0 Å². The van der Waals surface area contributed by atoms with Crippen LogP contribution in [-0.4, -0.2) is 24.9 Å². The molecular formula is C19H25NO2. The summed E-state index contributed by atoms with van der Waals surface area (Å²) < 4.78 is 5.54. The Morgan fingerprint density at radius 1 is 1.09 bits per heavy atom. The Hall–Kier alpha value is -1.84. The lowest BCUT2D eigenvalue weighted by molar-refractivity contribution is 0.276. The highest BCUT2D eigenvalue weighted by Gasteiger charge is 2.07. The van der Waals surface area contributed by atoms with E-state index in [9.17, 15) is 0 Å². The second kappa shape index (κ2) is 8.57. The minimum atomic E-state index is 0.251. The fourth-order valence-corrected chi connectivity index (χ4v) is 2.48. The maximum Gasteiger partial charge on any atom is 0.123 e. The molecule has 0 aliphatic carbocycles. The van der Waals surface area contributed by atoms with E-state index < -0.39 is 0 Å². The molecule has 0 amide bonds. The molecule has 0 fully saturated rings. The summed E-state index contributed by atoms with van der Waals surface area (Å²) in [6.45, 7) is 3.16. The zero-order valence-electron chi connectivity index (χ0n) is 13.4. The van der Waals surface area contributed by atoms with Crippen molar-refractivity contribution in [1.29, 1.82) is 0 Å². The summed E-state index contributed by atoms with van der Waals surface area (Å²) in [5.74, 6) is 0.906. The van der Waals surface area contributed by atoms with E-state index in [-0.39, 0.29) is 6.61 Å². The van der Waals surface area contributed by atoms with Crippen LogP contribution in [0.3, 0.4) is 0 Å². The SMILES string of the molecule is COc1cc(-c2ccccc2)ccc1CNC(C)CCCO. The van der Waals surface area contributed by atoms with Crippen molar-refractivity contribution in [2.45, 2.75) is 32.4 Å². The molecule has 118 valence electrons. The Morgan fingerprint density at radius 3 is 2.55 bits per heavy atom. The molecule has 0 saturated heterocycles. The van der Waals surface area contributed by atoms with E-state index in [2.05, 4.69) is 42.6 Å². The van der Waals surface area contributed by atoms with Gasteiger partial charge in [-0.3, -0.25) is 0 Å². The maximum atomic E-state index is 8.87. The van der Waals surface area contributed by atoms with Crippen LogP contribution < -0.4 is 10.1 Å². The minimum absolute atomic E-state index is 0.251. The molecule has 0 heterocycles. The van der Waals surface area contributed by atoms with E-state index in [1.54, 1.807) is 7.11 Å². The predicted octanol–water partition coefficient (Wildman–Crippen LogP) is 3.61. The molecule has 1 unspecified atom stereocenters. The van der Waals surface area contributed by atoms with Gasteiger partial charge in [-0.2, -0.15) is 0 Å². The van der Waals surface area contributed by atoms with Crippen molar-refractivity contribution in [2.75, 3.05) is 13.7 Å². The van der Waals surface area contributed by atoms with Gasteiger partial charge < -0.3 is 15.2 Å². The van der Waals surface area contributed by atoms with Gasteiger partial charge in [0.15, 0.2) is 0 Å². The average molecular weight is 299 g/mol. The first-order valence-electron chi connectivity index (χ1n) is 7.81. The van der Waals surface area contributed by atoms with Gasteiger partial charge in [0.25, 0.3) is 0 Å². The molecule has 3 heteroatoms. The Morgan fingerprint density at radius 2 is 1.86 bits per heavy atom. The zero-order chi connectivity index (χ0) is 15.8. The number of hydrogen-bond donors (Lipinski definition) is 2. The molecule has 0 aromatic heterocycles. The Balaban J connectivity index is 2.06. The molecule has 3 nitrogen and oxygen atoms in total. The molecule has 0 aliphatic rings. The molecule has 2 N–H and O–H groups in total. The van der Waals surface area contributed by atoms with Gasteiger partial charge in [0.2, 0.25) is 0 Å². The van der Waals surface area contributed by atoms with Gasteiger partial charge >= 0.3 is 0 Å². The standard InChI is InChI=1S/C19H25NO2/c1-15(7-6-12-21)20-14-18-11-10-17(13-19(18)22-2)16-8-4-3-5-9-16/h3-5,8-11,13,15,20-21H,6-7,12,14H2,1-2H3. The lowest BCUT2D eigenvalue weighted by Gasteiger charge is -2.16. The summed E-state index contributed by atoms with van der Waals surface area (Å²) in [7, 11) is 1.71. The van der Waals surface area contributed by atoms with Crippen LogP contribution in [-0.2, 0) is 6.54 Å². The van der Waals surface area contributed by atoms with E-state index in [1.165, 1.54) is 5.56 Å². The summed E-state index contributed by atoms with van der Waals surface area (Å²) >= 11 is 0. The smallest absolute Gasteiger partial charge is 0.123 e. The molecule has 2 aromatic carbocycles. The summed E-state index contributed by atoms with van der Waals surface area (Å²) in [5, 5.41) is 12.4. The molecule has 0 aliphatic heterocycles. The quantitative estimate of drug-likeness (QED) is 0.782. The number of rotatable bonds is 8. The number of hydrogen-bond acceptors (Lipinski definition) is 3. The molecule has 0 bridgehead atoms. The summed E-state index contributed by atoms with van der Waals surface area (Å²) in [4.78, 5) is 0. The molecule has 0 spiro atoms. The van der Waals surface area contributed by atoms with Crippen LogP contribution in [0.1, 0.15) is 25.3 Å². The van der Waals surface area contributed by atoms with Crippen LogP contribution in [0.15, 0.2) is 48.5 Å². The van der Waals surface area contributed by atoms with E-state index in [1.807, 2.05) is 18.2 Å². The van der Waals surface area contributed by atoms with E-state index in [0.717, 1.165) is 36.3 Å². The van der Waals surface area contributed by atoms with Gasteiger partial charge in [0, 0.05) is 24.8 Å². The van der Waals surface area contributed by atoms with E-state index >= 15 is 0 Å². The third-order valence-electron chi connectivity index (χ3n) is 3.83. The molecule has 1 atom stereocenters. The lowest BCUT2D eigenvalue weighted by Crippen LogP contribution is -2.25. The average Bonchev–Trinajstić information content (AvgIpc) is 2.58. The number of methoxy groups -OCH3 is 1. The van der Waals surface area contributed by atoms with Gasteiger partial charge in [-0.15, -0.1) is 0 Å². The lowest BCUT2D eigenvalue weighted by atomic mass is 10.0. The van der Waals surface area contributed by atoms with Crippen LogP contribution in [0.4, 0.5) is 0 Å². The van der Waals surface area contributed by atoms with Crippen molar-refractivity contribution in [3.63, 3.8) is 0 Å². The molecule has 2 aromatic rings. The first kappa shape index (κ1) is 16.5. The van der Waals surface area contributed by atoms with Gasteiger partial charge in [0.1, 0.15) is 5.75 Å². The maximum absolute atomic E-state index is 8.87. The fraction of sp³-hybridized carbons (Fsp3) is 0.368. The summed E-state index contributed by atoms with van der Waals surface area (Å²) in [6.07, 6.45) is 1.80. The summed E-state index contributed by atoms with van der Waals surface area (Å²) in [5.41, 5.74) is 3.50. The van der Waals surface area contributed by atoms with Crippen molar-refractivity contribution < 1.29 is 9.84 Å².